The lowest BCUT2D eigenvalue weighted by Crippen LogP contribution is -2.51. The van der Waals surface area contributed by atoms with E-state index in [0.717, 1.165) is 0 Å². The van der Waals surface area contributed by atoms with Gasteiger partial charge in [-0.15, -0.1) is 0 Å². The van der Waals surface area contributed by atoms with E-state index in [1.165, 1.54) is 4.31 Å². The van der Waals surface area contributed by atoms with E-state index in [1.807, 2.05) is 13.8 Å². The van der Waals surface area contributed by atoms with Crippen LogP contribution < -0.4 is 0 Å². The predicted molar refractivity (Wildman–Crippen MR) is 55.5 cm³/mol. The second-order valence-electron chi connectivity index (χ2n) is 3.83. The van der Waals surface area contributed by atoms with Gasteiger partial charge in [-0.2, -0.15) is 4.31 Å². The molecule has 1 aliphatic rings. The number of hydrogen-bond acceptors (Lipinski definition) is 3. The predicted octanol–water partition coefficient (Wildman–Crippen LogP) is 0.573. The third-order valence-corrected chi connectivity index (χ3v) is 5.28. The molecule has 0 spiro atoms. The SMILES string of the molecule is CCC(CC)(CO)N1CCCS1(=O)=O. The maximum atomic E-state index is 11.7. The van der Waals surface area contributed by atoms with Gasteiger partial charge in [0.25, 0.3) is 0 Å². The Labute approximate surface area is 86.0 Å². The van der Waals surface area contributed by atoms with E-state index in [4.69, 9.17) is 0 Å². The molecule has 1 heterocycles. The second kappa shape index (κ2) is 4.16. The average Bonchev–Trinajstić information content (AvgIpc) is 2.51. The first-order chi connectivity index (χ1) is 6.52. The molecule has 14 heavy (non-hydrogen) atoms. The lowest BCUT2D eigenvalue weighted by atomic mass is 9.94. The zero-order chi connectivity index (χ0) is 10.8. The normalized spacial score (nSPS) is 22.8. The van der Waals surface area contributed by atoms with Crippen molar-refractivity contribution < 1.29 is 13.5 Å². The molecule has 5 heteroatoms. The van der Waals surface area contributed by atoms with Crippen molar-refractivity contribution in [3.63, 3.8) is 0 Å². The smallest absolute Gasteiger partial charge is 0.214 e. The molecule has 1 N–H and O–H groups in total. The minimum Gasteiger partial charge on any atom is -0.394 e. The van der Waals surface area contributed by atoms with Gasteiger partial charge in [0, 0.05) is 6.54 Å². The van der Waals surface area contributed by atoms with Crippen molar-refractivity contribution in [2.24, 2.45) is 0 Å². The lowest BCUT2D eigenvalue weighted by Gasteiger charge is -2.37. The molecule has 1 rings (SSSR count). The number of sulfonamides is 1. The first kappa shape index (κ1) is 11.9. The fraction of sp³-hybridized carbons (Fsp3) is 1.00. The standard InChI is InChI=1S/C9H19NO3S/c1-3-9(4-2,8-11)10-6-5-7-14(10,12)13/h11H,3-8H2,1-2H3. The maximum absolute atomic E-state index is 11.7. The Morgan fingerprint density at radius 3 is 2.21 bits per heavy atom. The molecule has 0 saturated carbocycles. The van der Waals surface area contributed by atoms with E-state index in [1.54, 1.807) is 0 Å². The van der Waals surface area contributed by atoms with Gasteiger partial charge in [0.15, 0.2) is 0 Å². The van der Waals surface area contributed by atoms with Crippen molar-refractivity contribution in [3.05, 3.63) is 0 Å². The number of rotatable bonds is 4. The Morgan fingerprint density at radius 2 is 1.93 bits per heavy atom. The first-order valence-corrected chi connectivity index (χ1v) is 6.74. The summed E-state index contributed by atoms with van der Waals surface area (Å²) in [5, 5.41) is 9.36. The van der Waals surface area contributed by atoms with E-state index in [9.17, 15) is 13.5 Å². The van der Waals surface area contributed by atoms with Crippen molar-refractivity contribution in [2.45, 2.75) is 38.6 Å². The summed E-state index contributed by atoms with van der Waals surface area (Å²) in [7, 11) is -3.11. The molecular weight excluding hydrogens is 202 g/mol. The van der Waals surface area contributed by atoms with Gasteiger partial charge in [-0.25, -0.2) is 8.42 Å². The third-order valence-electron chi connectivity index (χ3n) is 3.24. The van der Waals surface area contributed by atoms with Crippen molar-refractivity contribution in [1.29, 1.82) is 0 Å². The van der Waals surface area contributed by atoms with Gasteiger partial charge in [-0.3, -0.25) is 0 Å². The van der Waals surface area contributed by atoms with Gasteiger partial charge in [-0.05, 0) is 19.3 Å². The quantitative estimate of drug-likeness (QED) is 0.755. The van der Waals surface area contributed by atoms with Crippen LogP contribution in [-0.4, -0.2) is 42.3 Å². The molecular formula is C9H19NO3S. The second-order valence-corrected chi connectivity index (χ2v) is 5.84. The molecule has 0 radical (unpaired) electrons. The zero-order valence-corrected chi connectivity index (χ0v) is 9.68. The molecule has 0 aromatic rings. The van der Waals surface area contributed by atoms with E-state index in [-0.39, 0.29) is 12.4 Å². The van der Waals surface area contributed by atoms with Crippen LogP contribution in [0.15, 0.2) is 0 Å². The molecule has 0 atom stereocenters. The topological polar surface area (TPSA) is 57.6 Å². The molecule has 0 aromatic carbocycles. The Kier molecular flexibility index (Phi) is 3.55. The monoisotopic (exact) mass is 221 g/mol. The van der Waals surface area contributed by atoms with E-state index in [2.05, 4.69) is 0 Å². The van der Waals surface area contributed by atoms with Crippen LogP contribution in [0.4, 0.5) is 0 Å². The molecule has 0 unspecified atom stereocenters. The Balaban J connectivity index is 3.00. The Hall–Kier alpha value is -0.130. The average molecular weight is 221 g/mol. The van der Waals surface area contributed by atoms with Crippen molar-refractivity contribution in [1.82, 2.24) is 4.31 Å². The molecule has 0 aromatic heterocycles. The largest absolute Gasteiger partial charge is 0.394 e. The fourth-order valence-electron chi connectivity index (χ4n) is 2.08. The van der Waals surface area contributed by atoms with E-state index >= 15 is 0 Å². The van der Waals surface area contributed by atoms with Gasteiger partial charge in [0.2, 0.25) is 10.0 Å². The van der Waals surface area contributed by atoms with Crippen molar-refractivity contribution in [3.8, 4) is 0 Å². The summed E-state index contributed by atoms with van der Waals surface area (Å²) in [6, 6.07) is 0. The Bertz CT molecular complexity index is 274. The van der Waals surface area contributed by atoms with Gasteiger partial charge in [0.1, 0.15) is 0 Å². The number of hydrogen-bond donors (Lipinski definition) is 1. The van der Waals surface area contributed by atoms with Gasteiger partial charge < -0.3 is 5.11 Å². The maximum Gasteiger partial charge on any atom is 0.214 e. The lowest BCUT2D eigenvalue weighted by molar-refractivity contribution is 0.0882. The summed E-state index contributed by atoms with van der Waals surface area (Å²) >= 11 is 0. The number of aliphatic hydroxyl groups excluding tert-OH is 1. The van der Waals surface area contributed by atoms with Crippen LogP contribution >= 0.6 is 0 Å². The molecule has 0 amide bonds. The summed E-state index contributed by atoms with van der Waals surface area (Å²) in [6.45, 7) is 4.32. The van der Waals surface area contributed by atoms with Gasteiger partial charge >= 0.3 is 0 Å². The number of aliphatic hydroxyl groups is 1. The van der Waals surface area contributed by atoms with Crippen LogP contribution in [0.2, 0.25) is 0 Å². The third kappa shape index (κ3) is 1.81. The highest BCUT2D eigenvalue weighted by molar-refractivity contribution is 7.89. The highest BCUT2D eigenvalue weighted by Crippen LogP contribution is 2.30. The van der Waals surface area contributed by atoms with Crippen molar-refractivity contribution >= 4 is 10.0 Å². The van der Waals surface area contributed by atoms with Crippen LogP contribution in [-0.2, 0) is 10.0 Å². The van der Waals surface area contributed by atoms with Crippen LogP contribution in [0.5, 0.6) is 0 Å². The minimum absolute atomic E-state index is 0.0841. The van der Waals surface area contributed by atoms with Crippen LogP contribution in [0.1, 0.15) is 33.1 Å². The minimum atomic E-state index is -3.11. The molecule has 84 valence electrons. The van der Waals surface area contributed by atoms with E-state index < -0.39 is 15.6 Å². The van der Waals surface area contributed by atoms with Crippen LogP contribution in [0.25, 0.3) is 0 Å². The van der Waals surface area contributed by atoms with Crippen LogP contribution in [0.3, 0.4) is 0 Å². The van der Waals surface area contributed by atoms with Gasteiger partial charge in [-0.1, -0.05) is 13.8 Å². The summed E-state index contributed by atoms with van der Waals surface area (Å²) in [5.74, 6) is 0.231. The van der Waals surface area contributed by atoms with E-state index in [0.29, 0.717) is 25.8 Å². The van der Waals surface area contributed by atoms with Crippen LogP contribution in [0, 0.1) is 0 Å². The van der Waals surface area contributed by atoms with Crippen molar-refractivity contribution in [2.75, 3.05) is 18.9 Å². The summed E-state index contributed by atoms with van der Waals surface area (Å²) < 4.78 is 24.9. The number of nitrogens with zero attached hydrogens (tertiary/aromatic N) is 1. The first-order valence-electron chi connectivity index (χ1n) is 5.14. The van der Waals surface area contributed by atoms with Gasteiger partial charge in [0.05, 0.1) is 17.9 Å². The molecule has 0 aliphatic carbocycles. The molecule has 1 aliphatic heterocycles. The summed E-state index contributed by atoms with van der Waals surface area (Å²) in [4.78, 5) is 0. The summed E-state index contributed by atoms with van der Waals surface area (Å²) in [6.07, 6.45) is 2.02. The summed E-state index contributed by atoms with van der Waals surface area (Å²) in [5.41, 5.74) is -0.560. The fourth-order valence-corrected chi connectivity index (χ4v) is 4.10. The molecule has 0 bridgehead atoms. The molecule has 4 nitrogen and oxygen atoms in total. The molecule has 1 fully saturated rings. The Morgan fingerprint density at radius 1 is 1.36 bits per heavy atom. The highest BCUT2D eigenvalue weighted by Gasteiger charge is 2.43. The highest BCUT2D eigenvalue weighted by atomic mass is 32.2. The molecule has 1 saturated heterocycles. The zero-order valence-electron chi connectivity index (χ0n) is 8.86.